The number of hydrogen-bond donors (Lipinski definition) is 1. The molecular formula is C14H27N3. The van der Waals surface area contributed by atoms with E-state index in [-0.39, 0.29) is 0 Å². The maximum absolute atomic E-state index is 4.41. The Hall–Kier alpha value is -0.830. The highest BCUT2D eigenvalue weighted by Crippen LogP contribution is 2.10. The van der Waals surface area contributed by atoms with Gasteiger partial charge in [0.15, 0.2) is 0 Å². The molecule has 0 aliphatic rings. The molecule has 0 radical (unpaired) electrons. The van der Waals surface area contributed by atoms with Gasteiger partial charge in [0.1, 0.15) is 5.82 Å². The molecule has 0 saturated carbocycles. The third kappa shape index (κ3) is 4.90. The maximum Gasteiger partial charge on any atom is 0.122 e. The Morgan fingerprint density at radius 3 is 2.76 bits per heavy atom. The van der Waals surface area contributed by atoms with Crippen molar-refractivity contribution in [3.05, 3.63) is 18.2 Å². The Kier molecular flexibility index (Phi) is 6.27. The van der Waals surface area contributed by atoms with Gasteiger partial charge in [0.05, 0.1) is 6.54 Å². The van der Waals surface area contributed by atoms with Crippen LogP contribution in [0.1, 0.15) is 52.8 Å². The van der Waals surface area contributed by atoms with Gasteiger partial charge in [0, 0.05) is 25.0 Å². The van der Waals surface area contributed by atoms with E-state index in [4.69, 9.17) is 0 Å². The second kappa shape index (κ2) is 7.49. The van der Waals surface area contributed by atoms with Crippen LogP contribution in [0.15, 0.2) is 12.4 Å². The summed E-state index contributed by atoms with van der Waals surface area (Å²) in [6, 6.07) is 0.566. The smallest absolute Gasteiger partial charge is 0.122 e. The highest BCUT2D eigenvalue weighted by atomic mass is 15.1. The Balaban J connectivity index is 2.36. The number of nitrogens with zero attached hydrogens (tertiary/aromatic N) is 2. The molecule has 0 amide bonds. The van der Waals surface area contributed by atoms with Crippen LogP contribution >= 0.6 is 0 Å². The fourth-order valence-corrected chi connectivity index (χ4v) is 2.07. The van der Waals surface area contributed by atoms with E-state index in [0.717, 1.165) is 31.3 Å². The average Bonchev–Trinajstić information content (AvgIpc) is 2.74. The standard InChI is InChI=1S/C14H27N3/c1-5-8-17-9-7-15-14(17)11-16-13(4)10-12(3)6-2/h7,9,12-13,16H,5-6,8,10-11H2,1-4H3. The quantitative estimate of drug-likeness (QED) is 0.752. The lowest BCUT2D eigenvalue weighted by molar-refractivity contribution is 0.405. The summed E-state index contributed by atoms with van der Waals surface area (Å²) in [6.07, 6.45) is 7.62. The van der Waals surface area contributed by atoms with E-state index in [9.17, 15) is 0 Å². The summed E-state index contributed by atoms with van der Waals surface area (Å²) in [5, 5.41) is 3.57. The van der Waals surface area contributed by atoms with E-state index in [1.54, 1.807) is 0 Å². The largest absolute Gasteiger partial charge is 0.334 e. The van der Waals surface area contributed by atoms with E-state index in [1.165, 1.54) is 12.8 Å². The molecule has 0 spiro atoms. The highest BCUT2D eigenvalue weighted by Gasteiger charge is 2.08. The molecular weight excluding hydrogens is 210 g/mol. The van der Waals surface area contributed by atoms with Gasteiger partial charge in [-0.15, -0.1) is 0 Å². The van der Waals surface area contributed by atoms with Gasteiger partial charge in [-0.2, -0.15) is 0 Å². The lowest BCUT2D eigenvalue weighted by Crippen LogP contribution is -2.28. The van der Waals surface area contributed by atoms with Gasteiger partial charge in [-0.05, 0) is 25.7 Å². The molecule has 0 fully saturated rings. The zero-order valence-corrected chi connectivity index (χ0v) is 11.7. The predicted octanol–water partition coefficient (Wildman–Crippen LogP) is 3.21. The van der Waals surface area contributed by atoms with Gasteiger partial charge in [0.25, 0.3) is 0 Å². The van der Waals surface area contributed by atoms with Crippen LogP contribution < -0.4 is 5.32 Å². The minimum atomic E-state index is 0.566. The van der Waals surface area contributed by atoms with Gasteiger partial charge in [-0.1, -0.05) is 27.2 Å². The minimum Gasteiger partial charge on any atom is -0.334 e. The summed E-state index contributed by atoms with van der Waals surface area (Å²) in [5.74, 6) is 1.95. The average molecular weight is 237 g/mol. The van der Waals surface area contributed by atoms with Gasteiger partial charge < -0.3 is 9.88 Å². The molecule has 1 N–H and O–H groups in total. The lowest BCUT2D eigenvalue weighted by atomic mass is 10.0. The van der Waals surface area contributed by atoms with E-state index in [1.807, 2.05) is 6.20 Å². The maximum atomic E-state index is 4.41. The molecule has 1 aromatic rings. The Labute approximate surface area is 106 Å². The van der Waals surface area contributed by atoms with Crippen molar-refractivity contribution >= 4 is 0 Å². The molecule has 1 heterocycles. The second-order valence-electron chi connectivity index (χ2n) is 5.07. The van der Waals surface area contributed by atoms with Crippen molar-refractivity contribution in [1.82, 2.24) is 14.9 Å². The zero-order valence-electron chi connectivity index (χ0n) is 11.7. The van der Waals surface area contributed by atoms with Crippen LogP contribution in [0.2, 0.25) is 0 Å². The van der Waals surface area contributed by atoms with E-state index in [0.29, 0.717) is 6.04 Å². The predicted molar refractivity (Wildman–Crippen MR) is 72.9 cm³/mol. The molecule has 0 aromatic carbocycles. The summed E-state index contributed by atoms with van der Waals surface area (Å²) < 4.78 is 2.24. The first-order valence-corrected chi connectivity index (χ1v) is 6.90. The molecule has 3 nitrogen and oxygen atoms in total. The normalized spacial score (nSPS) is 14.8. The van der Waals surface area contributed by atoms with Crippen molar-refractivity contribution in [3.8, 4) is 0 Å². The fraction of sp³-hybridized carbons (Fsp3) is 0.786. The minimum absolute atomic E-state index is 0.566. The first kappa shape index (κ1) is 14.2. The van der Waals surface area contributed by atoms with E-state index in [2.05, 4.69) is 48.8 Å². The molecule has 0 saturated heterocycles. The molecule has 0 aliphatic heterocycles. The molecule has 1 aromatic heterocycles. The first-order valence-electron chi connectivity index (χ1n) is 6.90. The SMILES string of the molecule is CCCn1ccnc1CNC(C)CC(C)CC. The monoisotopic (exact) mass is 237 g/mol. The van der Waals surface area contributed by atoms with Crippen LogP contribution in [0.3, 0.4) is 0 Å². The number of hydrogen-bond acceptors (Lipinski definition) is 2. The summed E-state index contributed by atoms with van der Waals surface area (Å²) >= 11 is 0. The number of aryl methyl sites for hydroxylation is 1. The number of rotatable bonds is 8. The molecule has 98 valence electrons. The van der Waals surface area contributed by atoms with Gasteiger partial charge in [0.2, 0.25) is 0 Å². The van der Waals surface area contributed by atoms with Crippen LogP contribution in [0.4, 0.5) is 0 Å². The van der Waals surface area contributed by atoms with Crippen LogP contribution in [-0.4, -0.2) is 15.6 Å². The number of aromatic nitrogens is 2. The fourth-order valence-electron chi connectivity index (χ4n) is 2.07. The summed E-state index contributed by atoms with van der Waals surface area (Å²) in [5.41, 5.74) is 0. The molecule has 17 heavy (non-hydrogen) atoms. The van der Waals surface area contributed by atoms with Gasteiger partial charge >= 0.3 is 0 Å². The van der Waals surface area contributed by atoms with Crippen molar-refractivity contribution < 1.29 is 0 Å². The molecule has 2 unspecified atom stereocenters. The second-order valence-corrected chi connectivity index (χ2v) is 5.07. The zero-order chi connectivity index (χ0) is 12.7. The van der Waals surface area contributed by atoms with E-state index >= 15 is 0 Å². The molecule has 2 atom stereocenters. The third-order valence-corrected chi connectivity index (χ3v) is 3.33. The summed E-state index contributed by atoms with van der Waals surface area (Å²) in [4.78, 5) is 4.41. The highest BCUT2D eigenvalue weighted by molar-refractivity contribution is 4.92. The Morgan fingerprint density at radius 2 is 2.12 bits per heavy atom. The molecule has 0 aliphatic carbocycles. The number of imidazole rings is 1. The van der Waals surface area contributed by atoms with Crippen LogP contribution in [-0.2, 0) is 13.1 Å². The Morgan fingerprint density at radius 1 is 1.35 bits per heavy atom. The van der Waals surface area contributed by atoms with Crippen molar-refractivity contribution in [2.75, 3.05) is 0 Å². The molecule has 3 heteroatoms. The first-order chi connectivity index (χ1) is 8.17. The van der Waals surface area contributed by atoms with Crippen molar-refractivity contribution in [3.63, 3.8) is 0 Å². The Bertz CT molecular complexity index is 306. The van der Waals surface area contributed by atoms with Crippen molar-refractivity contribution in [2.45, 2.75) is 66.1 Å². The van der Waals surface area contributed by atoms with Crippen LogP contribution in [0, 0.1) is 5.92 Å². The van der Waals surface area contributed by atoms with Crippen molar-refractivity contribution in [2.24, 2.45) is 5.92 Å². The third-order valence-electron chi connectivity index (χ3n) is 3.33. The number of nitrogens with one attached hydrogen (secondary N) is 1. The van der Waals surface area contributed by atoms with Crippen LogP contribution in [0.25, 0.3) is 0 Å². The topological polar surface area (TPSA) is 29.9 Å². The van der Waals surface area contributed by atoms with Crippen LogP contribution in [0.5, 0.6) is 0 Å². The van der Waals surface area contributed by atoms with E-state index < -0.39 is 0 Å². The molecule has 0 bridgehead atoms. The summed E-state index contributed by atoms with van der Waals surface area (Å²) in [7, 11) is 0. The lowest BCUT2D eigenvalue weighted by Gasteiger charge is -2.17. The van der Waals surface area contributed by atoms with Gasteiger partial charge in [-0.3, -0.25) is 0 Å². The molecule has 1 rings (SSSR count). The van der Waals surface area contributed by atoms with Gasteiger partial charge in [-0.25, -0.2) is 4.98 Å². The summed E-state index contributed by atoms with van der Waals surface area (Å²) in [6.45, 7) is 11.0. The van der Waals surface area contributed by atoms with Crippen molar-refractivity contribution in [1.29, 1.82) is 0 Å².